The Morgan fingerprint density at radius 1 is 1.14 bits per heavy atom. The number of dihydropyridines is 1. The molecule has 1 atom stereocenters. The zero-order valence-corrected chi connectivity index (χ0v) is 11.7. The minimum Gasteiger partial charge on any atom is -0.385 e. The highest BCUT2D eigenvalue weighted by Gasteiger charge is 2.22. The number of nitrogens with zero attached hydrogens (tertiary/aromatic N) is 1. The van der Waals surface area contributed by atoms with E-state index in [0.717, 1.165) is 16.8 Å². The van der Waals surface area contributed by atoms with Crippen LogP contribution in [0.15, 0.2) is 36.6 Å². The van der Waals surface area contributed by atoms with E-state index in [1.807, 2.05) is 32.2 Å². The molecule has 0 radical (unpaired) electrons. The highest BCUT2D eigenvalue weighted by Crippen LogP contribution is 2.34. The second kappa shape index (κ2) is 5.16. The Kier molecular flexibility index (Phi) is 3.33. The van der Waals surface area contributed by atoms with Gasteiger partial charge in [0.2, 0.25) is 0 Å². The first-order chi connectivity index (χ1) is 10.1. The van der Waals surface area contributed by atoms with E-state index >= 15 is 0 Å². The molecule has 2 aromatic rings. The van der Waals surface area contributed by atoms with Crippen LogP contribution in [0.1, 0.15) is 18.2 Å². The Morgan fingerprint density at radius 3 is 2.52 bits per heavy atom. The van der Waals surface area contributed by atoms with Crippen molar-refractivity contribution in [3.05, 3.63) is 59.4 Å². The van der Waals surface area contributed by atoms with Crippen molar-refractivity contribution in [2.24, 2.45) is 0 Å². The fourth-order valence-electron chi connectivity index (χ4n) is 2.52. The third-order valence-electron chi connectivity index (χ3n) is 3.49. The van der Waals surface area contributed by atoms with Crippen LogP contribution >= 0.6 is 0 Å². The molecule has 0 saturated heterocycles. The molecule has 1 aromatic heterocycles. The van der Waals surface area contributed by atoms with Gasteiger partial charge >= 0.3 is 0 Å². The maximum Gasteiger partial charge on any atom is 0.135 e. The number of H-pyrrole nitrogens is 1. The maximum atomic E-state index is 14.0. The van der Waals surface area contributed by atoms with Crippen molar-refractivity contribution < 1.29 is 8.78 Å². The molecule has 0 amide bonds. The van der Waals surface area contributed by atoms with Crippen molar-refractivity contribution in [1.82, 2.24) is 15.5 Å². The predicted octanol–water partition coefficient (Wildman–Crippen LogP) is 3.55. The lowest BCUT2D eigenvalue weighted by Gasteiger charge is -2.15. The van der Waals surface area contributed by atoms with Crippen molar-refractivity contribution in [3.63, 3.8) is 0 Å². The largest absolute Gasteiger partial charge is 0.385 e. The third-order valence-corrected chi connectivity index (χ3v) is 3.49. The molecule has 0 fully saturated rings. The van der Waals surface area contributed by atoms with Gasteiger partial charge in [0.1, 0.15) is 17.3 Å². The van der Waals surface area contributed by atoms with E-state index in [1.54, 1.807) is 0 Å². The first-order valence-corrected chi connectivity index (χ1v) is 6.72. The van der Waals surface area contributed by atoms with Crippen LogP contribution in [0.2, 0.25) is 0 Å². The number of hydrogen-bond acceptors (Lipinski definition) is 2. The fourth-order valence-corrected chi connectivity index (χ4v) is 2.52. The Hall–Kier alpha value is -2.43. The number of allylic oxidation sites excluding steroid dienone is 2. The van der Waals surface area contributed by atoms with Crippen LogP contribution in [0.25, 0.3) is 16.8 Å². The second-order valence-electron chi connectivity index (χ2n) is 5.08. The van der Waals surface area contributed by atoms with Crippen molar-refractivity contribution in [1.29, 1.82) is 0 Å². The van der Waals surface area contributed by atoms with Crippen LogP contribution in [0, 0.1) is 18.6 Å². The van der Waals surface area contributed by atoms with Gasteiger partial charge in [-0.3, -0.25) is 5.10 Å². The van der Waals surface area contributed by atoms with Gasteiger partial charge in [0.15, 0.2) is 0 Å². The van der Waals surface area contributed by atoms with Crippen molar-refractivity contribution >= 4 is 5.57 Å². The number of aromatic amines is 1. The number of rotatable bonds is 2. The smallest absolute Gasteiger partial charge is 0.135 e. The second-order valence-corrected chi connectivity index (χ2v) is 5.08. The molecule has 108 valence electrons. The van der Waals surface area contributed by atoms with E-state index in [1.165, 1.54) is 18.2 Å². The summed E-state index contributed by atoms with van der Waals surface area (Å²) in [5.41, 5.74) is 2.59. The zero-order valence-electron chi connectivity index (χ0n) is 11.7. The molecule has 0 aliphatic carbocycles. The Morgan fingerprint density at radius 2 is 1.86 bits per heavy atom. The summed E-state index contributed by atoms with van der Waals surface area (Å²) in [7, 11) is 0. The molecule has 0 bridgehead atoms. The summed E-state index contributed by atoms with van der Waals surface area (Å²) in [5.74, 6) is -1.23. The van der Waals surface area contributed by atoms with Gasteiger partial charge < -0.3 is 5.32 Å². The van der Waals surface area contributed by atoms with E-state index in [9.17, 15) is 8.78 Å². The summed E-state index contributed by atoms with van der Waals surface area (Å²) in [6, 6.07) is 3.97. The molecule has 0 saturated carbocycles. The molecule has 5 heteroatoms. The molecule has 2 N–H and O–H groups in total. The Labute approximate surface area is 121 Å². The van der Waals surface area contributed by atoms with E-state index < -0.39 is 11.6 Å². The maximum absolute atomic E-state index is 14.0. The number of aromatic nitrogens is 2. The van der Waals surface area contributed by atoms with Gasteiger partial charge in [-0.2, -0.15) is 5.10 Å². The van der Waals surface area contributed by atoms with Crippen LogP contribution in [0.5, 0.6) is 0 Å². The van der Waals surface area contributed by atoms with Gasteiger partial charge in [0.25, 0.3) is 0 Å². The van der Waals surface area contributed by atoms with Crippen LogP contribution in [-0.4, -0.2) is 16.2 Å². The Balaban J connectivity index is 2.21. The van der Waals surface area contributed by atoms with Gasteiger partial charge in [-0.15, -0.1) is 0 Å². The number of aryl methyl sites for hydroxylation is 1. The van der Waals surface area contributed by atoms with Gasteiger partial charge in [0.05, 0.1) is 5.56 Å². The summed E-state index contributed by atoms with van der Waals surface area (Å²) >= 11 is 0. The molecule has 21 heavy (non-hydrogen) atoms. The third kappa shape index (κ3) is 2.35. The van der Waals surface area contributed by atoms with Crippen molar-refractivity contribution in [2.75, 3.05) is 0 Å². The van der Waals surface area contributed by atoms with E-state index in [4.69, 9.17) is 0 Å². The van der Waals surface area contributed by atoms with Gasteiger partial charge in [-0.05, 0) is 43.8 Å². The van der Waals surface area contributed by atoms with Crippen LogP contribution < -0.4 is 5.32 Å². The Bertz CT molecular complexity index is 724. The lowest BCUT2D eigenvalue weighted by Crippen LogP contribution is -2.20. The molecule has 1 aliphatic heterocycles. The fraction of sp³-hybridized carbons (Fsp3) is 0.188. The molecule has 0 spiro atoms. The first kappa shape index (κ1) is 13.5. The lowest BCUT2D eigenvalue weighted by molar-refractivity contribution is 0.588. The molecular weight excluding hydrogens is 272 g/mol. The van der Waals surface area contributed by atoms with E-state index in [-0.39, 0.29) is 11.6 Å². The molecular formula is C16H15F2N3. The molecule has 1 unspecified atom stereocenters. The first-order valence-electron chi connectivity index (χ1n) is 6.72. The summed E-state index contributed by atoms with van der Waals surface area (Å²) in [5, 5.41) is 10.1. The monoisotopic (exact) mass is 287 g/mol. The minimum absolute atomic E-state index is 0.0997. The molecule has 1 aliphatic rings. The molecule has 1 aromatic carbocycles. The minimum atomic E-state index is -0.616. The quantitative estimate of drug-likeness (QED) is 0.886. The average Bonchev–Trinajstić information content (AvgIpc) is 2.80. The number of hydrogen-bond donors (Lipinski definition) is 2. The molecule has 2 heterocycles. The lowest BCUT2D eigenvalue weighted by atomic mass is 9.96. The number of benzene rings is 1. The highest BCUT2D eigenvalue weighted by molar-refractivity contribution is 5.86. The van der Waals surface area contributed by atoms with Crippen LogP contribution in [0.4, 0.5) is 8.78 Å². The van der Waals surface area contributed by atoms with Gasteiger partial charge in [-0.1, -0.05) is 12.1 Å². The average molecular weight is 287 g/mol. The summed E-state index contributed by atoms with van der Waals surface area (Å²) in [6.07, 6.45) is 5.70. The molecule has 3 nitrogen and oxygen atoms in total. The van der Waals surface area contributed by atoms with E-state index in [0.29, 0.717) is 5.69 Å². The zero-order chi connectivity index (χ0) is 15.0. The van der Waals surface area contributed by atoms with Crippen LogP contribution in [-0.2, 0) is 0 Å². The molecule has 3 rings (SSSR count). The number of nitrogens with one attached hydrogen (secondary N) is 2. The van der Waals surface area contributed by atoms with Gasteiger partial charge in [-0.25, -0.2) is 8.78 Å². The SMILES string of the molecule is Cc1[nH]nc(-c2c(F)cccc2F)c1C1=CC(C)NC=C1. The van der Waals surface area contributed by atoms with Gasteiger partial charge in [0, 0.05) is 17.3 Å². The van der Waals surface area contributed by atoms with Crippen molar-refractivity contribution in [2.45, 2.75) is 19.9 Å². The summed E-state index contributed by atoms with van der Waals surface area (Å²) < 4.78 is 28.1. The van der Waals surface area contributed by atoms with Crippen molar-refractivity contribution in [3.8, 4) is 11.3 Å². The number of halogens is 2. The van der Waals surface area contributed by atoms with Crippen LogP contribution in [0.3, 0.4) is 0 Å². The van der Waals surface area contributed by atoms with E-state index in [2.05, 4.69) is 15.5 Å². The standard InChI is InChI=1S/C16H15F2N3/c1-9-8-11(6-7-19-9)14-10(2)20-21-16(14)15-12(17)4-3-5-13(15)18/h3-9,19H,1-2H3,(H,20,21). The topological polar surface area (TPSA) is 40.7 Å². The highest BCUT2D eigenvalue weighted by atomic mass is 19.1. The predicted molar refractivity (Wildman–Crippen MR) is 78.4 cm³/mol. The summed E-state index contributed by atoms with van der Waals surface area (Å²) in [6.45, 7) is 3.84. The normalized spacial score (nSPS) is 17.5. The summed E-state index contributed by atoms with van der Waals surface area (Å²) in [4.78, 5) is 0.